The molecule has 0 aromatic heterocycles. The van der Waals surface area contributed by atoms with Crippen LogP contribution in [0.5, 0.6) is 11.5 Å². The van der Waals surface area contributed by atoms with Crippen LogP contribution in [0.1, 0.15) is 0 Å². The molecule has 0 heterocycles. The van der Waals surface area contributed by atoms with E-state index in [-0.39, 0.29) is 5.82 Å². The second kappa shape index (κ2) is 6.61. The van der Waals surface area contributed by atoms with Gasteiger partial charge in [0.05, 0.1) is 0 Å². The number of nitrogens with one attached hydrogen (secondary N) is 1. The molecule has 0 aliphatic carbocycles. The van der Waals surface area contributed by atoms with Crippen LogP contribution in [0, 0.1) is 5.82 Å². The van der Waals surface area contributed by atoms with Crippen molar-refractivity contribution in [1.29, 1.82) is 0 Å². The number of hydrogen-bond donors (Lipinski definition) is 2. The average molecular weight is 262 g/mol. The third-order valence-corrected chi connectivity index (χ3v) is 2.44. The first-order valence-electron chi connectivity index (χ1n) is 5.86. The van der Waals surface area contributed by atoms with Gasteiger partial charge in [-0.1, -0.05) is 6.07 Å². The molecule has 0 atom stereocenters. The molecule has 0 spiro atoms. The van der Waals surface area contributed by atoms with Gasteiger partial charge in [0.2, 0.25) is 0 Å². The van der Waals surface area contributed by atoms with Crippen LogP contribution in [0.2, 0.25) is 0 Å². The lowest BCUT2D eigenvalue weighted by molar-refractivity contribution is 0.216. The molecule has 2 aromatic carbocycles. The molecule has 0 saturated carbocycles. The molecule has 19 heavy (non-hydrogen) atoms. The van der Waals surface area contributed by atoms with Gasteiger partial charge in [-0.2, -0.15) is 0 Å². The van der Waals surface area contributed by atoms with Gasteiger partial charge in [-0.15, -0.1) is 0 Å². The van der Waals surface area contributed by atoms with Gasteiger partial charge in [0.25, 0.3) is 0 Å². The predicted molar refractivity (Wildman–Crippen MR) is 71.6 cm³/mol. The number of rotatable bonds is 6. The number of benzene rings is 2. The van der Waals surface area contributed by atoms with E-state index in [4.69, 9.17) is 15.3 Å². The minimum atomic E-state index is -0.316. The molecule has 0 aliphatic heterocycles. The van der Waals surface area contributed by atoms with E-state index in [1.165, 1.54) is 12.1 Å². The Hall–Kier alpha value is -2.27. The molecular weight excluding hydrogens is 247 g/mol. The molecule has 3 N–H and O–H groups in total. The summed E-state index contributed by atoms with van der Waals surface area (Å²) in [4.78, 5) is 0. The number of hydrazine groups is 1. The van der Waals surface area contributed by atoms with Crippen molar-refractivity contribution < 1.29 is 13.9 Å². The van der Waals surface area contributed by atoms with Crippen molar-refractivity contribution in [3.05, 3.63) is 54.3 Å². The highest BCUT2D eigenvalue weighted by Crippen LogP contribution is 2.15. The lowest BCUT2D eigenvalue weighted by Crippen LogP contribution is -2.09. The highest BCUT2D eigenvalue weighted by molar-refractivity contribution is 5.45. The Balaban J connectivity index is 1.74. The highest BCUT2D eigenvalue weighted by Gasteiger charge is 1.97. The van der Waals surface area contributed by atoms with Crippen molar-refractivity contribution in [2.75, 3.05) is 18.6 Å². The van der Waals surface area contributed by atoms with Gasteiger partial charge < -0.3 is 14.9 Å². The molecule has 0 fully saturated rings. The van der Waals surface area contributed by atoms with Gasteiger partial charge >= 0.3 is 0 Å². The smallest absolute Gasteiger partial charge is 0.126 e. The van der Waals surface area contributed by atoms with E-state index in [9.17, 15) is 4.39 Å². The molecule has 5 heteroatoms. The van der Waals surface area contributed by atoms with E-state index in [0.29, 0.717) is 19.0 Å². The molecule has 0 unspecified atom stereocenters. The maximum Gasteiger partial charge on any atom is 0.126 e. The summed E-state index contributed by atoms with van der Waals surface area (Å²) in [7, 11) is 0. The zero-order valence-corrected chi connectivity index (χ0v) is 10.3. The summed E-state index contributed by atoms with van der Waals surface area (Å²) in [5, 5.41) is 0. The topological polar surface area (TPSA) is 56.5 Å². The van der Waals surface area contributed by atoms with Gasteiger partial charge in [0.1, 0.15) is 30.5 Å². The standard InChI is InChI=1S/C14H15FN2O2/c15-11-2-1-3-14(10-11)19-9-8-18-13-6-4-12(17-16)5-7-13/h1-7,10,17H,8-9,16H2. The summed E-state index contributed by atoms with van der Waals surface area (Å²) in [5.74, 6) is 6.16. The zero-order valence-electron chi connectivity index (χ0n) is 10.3. The van der Waals surface area contributed by atoms with Crippen molar-refractivity contribution in [3.63, 3.8) is 0 Å². The normalized spacial score (nSPS) is 10.0. The summed E-state index contributed by atoms with van der Waals surface area (Å²) < 4.78 is 23.7. The maximum absolute atomic E-state index is 12.9. The van der Waals surface area contributed by atoms with Crippen molar-refractivity contribution in [2.45, 2.75) is 0 Å². The average Bonchev–Trinajstić information content (AvgIpc) is 2.44. The molecule has 2 aromatic rings. The van der Waals surface area contributed by atoms with E-state index in [2.05, 4.69) is 5.43 Å². The summed E-state index contributed by atoms with van der Waals surface area (Å²) in [6, 6.07) is 13.2. The largest absolute Gasteiger partial charge is 0.490 e. The molecule has 0 radical (unpaired) electrons. The SMILES string of the molecule is NNc1ccc(OCCOc2cccc(F)c2)cc1. The molecule has 2 rings (SSSR count). The minimum absolute atomic E-state index is 0.316. The fourth-order valence-corrected chi connectivity index (χ4v) is 1.52. The summed E-state index contributed by atoms with van der Waals surface area (Å²) in [6.45, 7) is 0.728. The van der Waals surface area contributed by atoms with Crippen LogP contribution in [0.25, 0.3) is 0 Å². The Morgan fingerprint density at radius 3 is 2.26 bits per heavy atom. The molecule has 0 amide bonds. The monoisotopic (exact) mass is 262 g/mol. The molecule has 0 saturated heterocycles. The Bertz CT molecular complexity index is 517. The number of nitrogens with two attached hydrogens (primary N) is 1. The zero-order chi connectivity index (χ0) is 13.5. The number of anilines is 1. The summed E-state index contributed by atoms with van der Waals surface area (Å²) >= 11 is 0. The summed E-state index contributed by atoms with van der Waals surface area (Å²) in [5.41, 5.74) is 3.34. The van der Waals surface area contributed by atoms with Crippen LogP contribution in [0.4, 0.5) is 10.1 Å². The first kappa shape index (κ1) is 13.2. The van der Waals surface area contributed by atoms with E-state index in [0.717, 1.165) is 11.4 Å². The Kier molecular flexibility index (Phi) is 4.58. The molecule has 100 valence electrons. The van der Waals surface area contributed by atoms with Gasteiger partial charge in [-0.25, -0.2) is 4.39 Å². The third-order valence-electron chi connectivity index (χ3n) is 2.44. The lowest BCUT2D eigenvalue weighted by Gasteiger charge is -2.09. The van der Waals surface area contributed by atoms with Crippen molar-refractivity contribution >= 4 is 5.69 Å². The van der Waals surface area contributed by atoms with Crippen LogP contribution < -0.4 is 20.7 Å². The van der Waals surface area contributed by atoms with E-state index < -0.39 is 0 Å². The number of ether oxygens (including phenoxy) is 2. The van der Waals surface area contributed by atoms with Gasteiger partial charge in [-0.3, -0.25) is 5.84 Å². The Labute approximate surface area is 110 Å². The van der Waals surface area contributed by atoms with Crippen LogP contribution in [-0.2, 0) is 0 Å². The maximum atomic E-state index is 12.9. The first-order valence-corrected chi connectivity index (χ1v) is 5.86. The van der Waals surface area contributed by atoms with Gasteiger partial charge in [-0.05, 0) is 36.4 Å². The van der Waals surface area contributed by atoms with Crippen LogP contribution in [0.3, 0.4) is 0 Å². The summed E-state index contributed by atoms with van der Waals surface area (Å²) in [6.07, 6.45) is 0. The second-order valence-electron chi connectivity index (χ2n) is 3.82. The third kappa shape index (κ3) is 4.15. The van der Waals surface area contributed by atoms with Gasteiger partial charge in [0, 0.05) is 11.8 Å². The fraction of sp³-hybridized carbons (Fsp3) is 0.143. The molecule has 4 nitrogen and oxygen atoms in total. The number of halogens is 1. The van der Waals surface area contributed by atoms with Crippen molar-refractivity contribution in [1.82, 2.24) is 0 Å². The second-order valence-corrected chi connectivity index (χ2v) is 3.82. The highest BCUT2D eigenvalue weighted by atomic mass is 19.1. The van der Waals surface area contributed by atoms with Crippen LogP contribution in [-0.4, -0.2) is 13.2 Å². The fourth-order valence-electron chi connectivity index (χ4n) is 1.52. The molecule has 0 bridgehead atoms. The lowest BCUT2D eigenvalue weighted by atomic mass is 10.3. The Morgan fingerprint density at radius 1 is 0.947 bits per heavy atom. The van der Waals surface area contributed by atoms with Crippen LogP contribution >= 0.6 is 0 Å². The minimum Gasteiger partial charge on any atom is -0.490 e. The van der Waals surface area contributed by atoms with Gasteiger partial charge in [0.15, 0.2) is 0 Å². The van der Waals surface area contributed by atoms with Crippen molar-refractivity contribution in [3.8, 4) is 11.5 Å². The Morgan fingerprint density at radius 2 is 1.63 bits per heavy atom. The predicted octanol–water partition coefficient (Wildman–Crippen LogP) is 2.57. The quantitative estimate of drug-likeness (QED) is 0.477. The number of nitrogen functional groups attached to an aromatic ring is 1. The van der Waals surface area contributed by atoms with E-state index in [1.54, 1.807) is 24.3 Å². The van der Waals surface area contributed by atoms with E-state index >= 15 is 0 Å². The number of hydrogen-bond acceptors (Lipinski definition) is 4. The van der Waals surface area contributed by atoms with E-state index in [1.807, 2.05) is 12.1 Å². The first-order chi connectivity index (χ1) is 9.28. The molecular formula is C14H15FN2O2. The van der Waals surface area contributed by atoms with Crippen molar-refractivity contribution in [2.24, 2.45) is 5.84 Å². The van der Waals surface area contributed by atoms with Crippen LogP contribution in [0.15, 0.2) is 48.5 Å². The molecule has 0 aliphatic rings.